The summed E-state index contributed by atoms with van der Waals surface area (Å²) in [5, 5.41) is 21.2. The minimum absolute atomic E-state index is 0.103. The van der Waals surface area contributed by atoms with Crippen LogP contribution in [0.4, 0.5) is 0 Å². The molecule has 9 heteroatoms. The Kier molecular flexibility index (Phi) is 6.44. The van der Waals surface area contributed by atoms with E-state index in [0.717, 1.165) is 61.2 Å². The second kappa shape index (κ2) is 10.1. The van der Waals surface area contributed by atoms with Crippen molar-refractivity contribution in [2.45, 2.75) is 54.7 Å². The lowest BCUT2D eigenvalue weighted by Crippen LogP contribution is -2.58. The van der Waals surface area contributed by atoms with Gasteiger partial charge in [-0.15, -0.1) is 0 Å². The molecule has 3 heterocycles. The number of allylic oxidation sites excluding steroid dienone is 4. The summed E-state index contributed by atoms with van der Waals surface area (Å²) in [4.78, 5) is 17.1. The van der Waals surface area contributed by atoms with Crippen molar-refractivity contribution >= 4 is 5.78 Å². The summed E-state index contributed by atoms with van der Waals surface area (Å²) in [6.45, 7) is 1.92. The lowest BCUT2D eigenvalue weighted by Gasteiger charge is -2.52. The van der Waals surface area contributed by atoms with Crippen molar-refractivity contribution in [3.8, 4) is 23.0 Å². The second-order valence-electron chi connectivity index (χ2n) is 13.5. The third kappa shape index (κ3) is 3.67. The van der Waals surface area contributed by atoms with Crippen LogP contribution >= 0.6 is 0 Å². The minimum atomic E-state index is -0.497. The molecule has 5 atom stereocenters. The number of likely N-dealkylation sites (N-methyl/N-ethyl adjacent to an activating group) is 2. The maximum Gasteiger partial charge on any atom is 0.220 e. The van der Waals surface area contributed by atoms with Gasteiger partial charge in [-0.3, -0.25) is 14.6 Å². The minimum Gasteiger partial charge on any atom is -0.504 e. The van der Waals surface area contributed by atoms with Crippen molar-refractivity contribution in [1.82, 2.24) is 9.80 Å². The Hall–Kier alpha value is -4.21. The number of rotatable bonds is 3. The first-order chi connectivity index (χ1) is 22.2. The molecule has 2 aromatic rings. The summed E-state index contributed by atoms with van der Waals surface area (Å²) in [7, 11) is 9.05. The number of ketones is 1. The second-order valence-corrected chi connectivity index (χ2v) is 13.5. The maximum absolute atomic E-state index is 12.4. The fraction of sp³-hybridized carbons (Fsp3) is 0.432. The highest BCUT2D eigenvalue weighted by Gasteiger charge is 2.62. The standard InChI is InChI=1S/C19H21NO4.C18H19NO3/c1-20-7-6-19-10-16(24-3)14(21)9-12(19)13(20)8-11-4-5-15(23-2)18(22)17(11)19;1-19-8-7-18-11-4-6-14(21-2)17(18)22-16-13(20)5-3-10(15(16)18)9-12(11)19/h4-5,9-10,13,22H,6-8H2,1-3H3;3-6,12,17,20H,7-9H2,1-2H3/t13-,19+;12-,17+,18+/m11/s1. The highest BCUT2D eigenvalue weighted by Crippen LogP contribution is 2.62. The van der Waals surface area contributed by atoms with Gasteiger partial charge in [-0.25, -0.2) is 0 Å². The quantitative estimate of drug-likeness (QED) is 0.524. The van der Waals surface area contributed by atoms with Crippen LogP contribution in [0.5, 0.6) is 23.0 Å². The van der Waals surface area contributed by atoms with E-state index in [1.54, 1.807) is 26.4 Å². The highest BCUT2D eigenvalue weighted by atomic mass is 16.5. The average Bonchev–Trinajstić information content (AvgIpc) is 3.41. The van der Waals surface area contributed by atoms with Gasteiger partial charge in [0.25, 0.3) is 0 Å². The summed E-state index contributed by atoms with van der Waals surface area (Å²) in [6.07, 6.45) is 11.3. The Morgan fingerprint density at radius 3 is 2.26 bits per heavy atom. The Balaban J connectivity index is 0.000000136. The number of hydrogen-bond acceptors (Lipinski definition) is 9. The van der Waals surface area contributed by atoms with Crippen molar-refractivity contribution < 1.29 is 34.0 Å². The molecule has 2 saturated heterocycles. The number of methoxy groups -OCH3 is 3. The van der Waals surface area contributed by atoms with Crippen LogP contribution in [0.2, 0.25) is 0 Å². The first-order valence-electron chi connectivity index (χ1n) is 16.0. The van der Waals surface area contributed by atoms with Crippen LogP contribution in [-0.2, 0) is 37.9 Å². The van der Waals surface area contributed by atoms with Gasteiger partial charge in [0.05, 0.1) is 26.7 Å². The van der Waals surface area contributed by atoms with Crippen molar-refractivity contribution in [2.24, 2.45) is 0 Å². The Morgan fingerprint density at radius 1 is 0.848 bits per heavy atom. The number of fused-ring (bicyclic) bond motifs is 1. The number of nitrogens with zero attached hydrogens (tertiary/aromatic N) is 2. The number of hydrogen-bond donors (Lipinski definition) is 2. The van der Waals surface area contributed by atoms with Gasteiger partial charge in [0.1, 0.15) is 5.76 Å². The normalized spacial score (nSPS) is 31.3. The van der Waals surface area contributed by atoms with E-state index in [1.165, 1.54) is 23.8 Å². The van der Waals surface area contributed by atoms with Crippen molar-refractivity contribution in [3.05, 3.63) is 93.5 Å². The molecule has 0 amide bonds. The highest BCUT2D eigenvalue weighted by molar-refractivity contribution is 6.05. The molecule has 240 valence electrons. The number of phenols is 2. The zero-order valence-corrected chi connectivity index (χ0v) is 26.9. The molecule has 1 spiro atoms. The van der Waals surface area contributed by atoms with Crippen LogP contribution < -0.4 is 9.47 Å². The van der Waals surface area contributed by atoms with Crippen LogP contribution in [0, 0.1) is 0 Å². The van der Waals surface area contributed by atoms with Crippen LogP contribution in [0.3, 0.4) is 0 Å². The molecule has 0 saturated carbocycles. The van der Waals surface area contributed by atoms with Gasteiger partial charge in [-0.1, -0.05) is 18.2 Å². The largest absolute Gasteiger partial charge is 0.504 e. The van der Waals surface area contributed by atoms with Gasteiger partial charge in [-0.2, -0.15) is 0 Å². The molecule has 2 fully saturated rings. The fourth-order valence-electron chi connectivity index (χ4n) is 9.45. The van der Waals surface area contributed by atoms with E-state index < -0.39 is 5.41 Å². The molecular formula is C37H40N2O7. The molecule has 3 aliphatic heterocycles. The predicted molar refractivity (Wildman–Crippen MR) is 171 cm³/mol. The van der Waals surface area contributed by atoms with E-state index in [-0.39, 0.29) is 34.8 Å². The van der Waals surface area contributed by atoms with Gasteiger partial charge in [0, 0.05) is 28.6 Å². The summed E-state index contributed by atoms with van der Waals surface area (Å²) in [6, 6.07) is 8.24. The molecule has 46 heavy (non-hydrogen) atoms. The fourth-order valence-corrected chi connectivity index (χ4v) is 9.45. The molecule has 0 unspecified atom stereocenters. The Labute approximate surface area is 269 Å². The number of likely N-dealkylation sites (tertiary alicyclic amines) is 2. The van der Waals surface area contributed by atoms with Crippen molar-refractivity contribution in [2.75, 3.05) is 48.5 Å². The summed E-state index contributed by atoms with van der Waals surface area (Å²) in [5.74, 6) is 2.65. The number of aromatic hydroxyl groups is 2. The molecule has 4 aliphatic carbocycles. The summed E-state index contributed by atoms with van der Waals surface area (Å²) in [5.41, 5.74) is 6.29. The maximum atomic E-state index is 12.4. The molecule has 9 rings (SSSR count). The average molecular weight is 625 g/mol. The van der Waals surface area contributed by atoms with E-state index in [0.29, 0.717) is 23.3 Å². The predicted octanol–water partition coefficient (Wildman–Crippen LogP) is 4.06. The van der Waals surface area contributed by atoms with E-state index >= 15 is 0 Å². The molecule has 2 aromatic carbocycles. The number of ether oxygens (including phenoxy) is 4. The number of carbonyl (C=O) groups is 1. The molecule has 0 aromatic heterocycles. The molecule has 7 aliphatic rings. The molecule has 0 radical (unpaired) electrons. The van der Waals surface area contributed by atoms with Crippen LogP contribution in [0.25, 0.3) is 0 Å². The molecule has 4 bridgehead atoms. The number of piperidine rings is 2. The zero-order chi connectivity index (χ0) is 32.1. The number of phenolic OH excluding ortho intramolecular Hbond substituents is 2. The zero-order valence-electron chi connectivity index (χ0n) is 26.9. The van der Waals surface area contributed by atoms with Gasteiger partial charge in [-0.05, 0) is 106 Å². The topological polar surface area (TPSA) is 101 Å². The first kappa shape index (κ1) is 29.2. The van der Waals surface area contributed by atoms with Gasteiger partial charge < -0.3 is 29.2 Å². The van der Waals surface area contributed by atoms with Crippen LogP contribution in [0.15, 0.2) is 71.2 Å². The third-order valence-electron chi connectivity index (χ3n) is 11.7. The van der Waals surface area contributed by atoms with Crippen molar-refractivity contribution in [3.63, 3.8) is 0 Å². The lowest BCUT2D eigenvalue weighted by molar-refractivity contribution is -0.114. The van der Waals surface area contributed by atoms with E-state index in [1.807, 2.05) is 24.3 Å². The van der Waals surface area contributed by atoms with Gasteiger partial charge >= 0.3 is 0 Å². The molecular weight excluding hydrogens is 584 g/mol. The van der Waals surface area contributed by atoms with E-state index in [2.05, 4.69) is 36.0 Å². The Bertz CT molecular complexity index is 1810. The summed E-state index contributed by atoms with van der Waals surface area (Å²) < 4.78 is 22.5. The lowest BCUT2D eigenvalue weighted by atomic mass is 9.57. The molecule has 9 nitrogen and oxygen atoms in total. The van der Waals surface area contributed by atoms with E-state index in [9.17, 15) is 15.0 Å². The summed E-state index contributed by atoms with van der Waals surface area (Å²) >= 11 is 0. The first-order valence-corrected chi connectivity index (χ1v) is 16.0. The third-order valence-corrected chi connectivity index (χ3v) is 11.7. The van der Waals surface area contributed by atoms with Crippen molar-refractivity contribution in [1.29, 1.82) is 0 Å². The van der Waals surface area contributed by atoms with Crippen LogP contribution in [0.1, 0.15) is 35.1 Å². The SMILES string of the molecule is COC1=CC=C2[C@H]3Cc4ccc(O)c5c4[C@@]2(CCN3C)[C@H]1O5.COC1=C[C@]23CCN(C)[C@H](Cc4ccc(OC)c(O)c42)C3=CC1=O. The molecule has 2 N–H and O–H groups in total. The van der Waals surface area contributed by atoms with Gasteiger partial charge in [0.15, 0.2) is 34.9 Å². The van der Waals surface area contributed by atoms with E-state index in [4.69, 9.17) is 18.9 Å². The number of carbonyl (C=O) groups excluding carboxylic acids is 1. The monoisotopic (exact) mass is 624 g/mol. The smallest absolute Gasteiger partial charge is 0.220 e. The Morgan fingerprint density at radius 2 is 1.54 bits per heavy atom. The van der Waals surface area contributed by atoms with Crippen LogP contribution in [-0.4, -0.2) is 92.5 Å². The number of benzene rings is 2. The van der Waals surface area contributed by atoms with Gasteiger partial charge in [0.2, 0.25) is 5.78 Å².